The molecule has 0 aliphatic carbocycles. The molecule has 0 radical (unpaired) electrons. The molecule has 2 aromatic rings. The normalized spacial score (nSPS) is 10.8. The third-order valence-electron chi connectivity index (χ3n) is 2.19. The fourth-order valence-corrected chi connectivity index (χ4v) is 2.00. The summed E-state index contributed by atoms with van der Waals surface area (Å²) in [5.41, 5.74) is 2.44. The minimum atomic E-state index is 0.635. The zero-order valence-corrected chi connectivity index (χ0v) is 9.74. The summed E-state index contributed by atoms with van der Waals surface area (Å²) in [6, 6.07) is 3.66. The molecule has 72 valence electrons. The van der Waals surface area contributed by atoms with E-state index >= 15 is 0 Å². The van der Waals surface area contributed by atoms with Gasteiger partial charge in [-0.25, -0.2) is 0 Å². The van der Waals surface area contributed by atoms with Crippen LogP contribution in [0.15, 0.2) is 16.6 Å². The monoisotopic (exact) mass is 271 g/mol. The molecule has 0 aliphatic heterocycles. The molecular weight excluding hydrogens is 265 g/mol. The van der Waals surface area contributed by atoms with E-state index in [-0.39, 0.29) is 0 Å². The Kier molecular flexibility index (Phi) is 2.37. The van der Waals surface area contributed by atoms with Gasteiger partial charge in [-0.05, 0) is 35.0 Å². The van der Waals surface area contributed by atoms with Crippen molar-refractivity contribution in [1.29, 1.82) is 0 Å². The predicted molar refractivity (Wildman–Crippen MR) is 61.1 cm³/mol. The summed E-state index contributed by atoms with van der Waals surface area (Å²) >= 11 is 9.26. The Bertz CT molecular complexity index is 518. The molecule has 0 atom stereocenters. The van der Waals surface area contributed by atoms with Gasteiger partial charge in [0.2, 0.25) is 0 Å². The maximum Gasteiger partial charge on any atom is 0.152 e. The van der Waals surface area contributed by atoms with Crippen LogP contribution in [0.4, 0.5) is 0 Å². The molecule has 0 aliphatic rings. The van der Waals surface area contributed by atoms with Gasteiger partial charge >= 0.3 is 0 Å². The lowest BCUT2D eigenvalue weighted by Crippen LogP contribution is -1.79. The van der Waals surface area contributed by atoms with Crippen molar-refractivity contribution in [3.05, 3.63) is 32.9 Å². The van der Waals surface area contributed by atoms with E-state index in [0.717, 1.165) is 27.4 Å². The Hall–Kier alpha value is -0.800. The number of halogens is 2. The van der Waals surface area contributed by atoms with E-state index in [1.54, 1.807) is 6.07 Å². The molecular formula is C10H7BrClNO. The molecule has 0 unspecified atom stereocenters. The van der Waals surface area contributed by atoms with Crippen LogP contribution < -0.4 is 0 Å². The van der Waals surface area contributed by atoms with Crippen molar-refractivity contribution in [2.45, 2.75) is 6.92 Å². The van der Waals surface area contributed by atoms with Crippen LogP contribution >= 0.6 is 27.5 Å². The van der Waals surface area contributed by atoms with E-state index in [1.807, 2.05) is 13.0 Å². The quantitative estimate of drug-likeness (QED) is 0.789. The summed E-state index contributed by atoms with van der Waals surface area (Å²) < 4.78 is 0.800. The molecule has 2 nitrogen and oxygen atoms in total. The molecule has 2 rings (SSSR count). The Morgan fingerprint density at radius 1 is 1.50 bits per heavy atom. The van der Waals surface area contributed by atoms with Crippen LogP contribution in [0.25, 0.3) is 10.9 Å². The number of nitrogens with one attached hydrogen (secondary N) is 1. The van der Waals surface area contributed by atoms with Gasteiger partial charge in [-0.2, -0.15) is 0 Å². The van der Waals surface area contributed by atoms with Gasteiger partial charge in [0.25, 0.3) is 0 Å². The summed E-state index contributed by atoms with van der Waals surface area (Å²) in [6.07, 6.45) is 0.856. The largest absolute Gasteiger partial charge is 0.358 e. The Balaban J connectivity index is 2.89. The van der Waals surface area contributed by atoms with Crippen molar-refractivity contribution >= 4 is 44.7 Å². The number of H-pyrrole nitrogens is 1. The Labute approximate surface area is 94.4 Å². The van der Waals surface area contributed by atoms with Gasteiger partial charge in [-0.3, -0.25) is 4.79 Å². The molecule has 0 fully saturated rings. The van der Waals surface area contributed by atoms with Gasteiger partial charge < -0.3 is 4.98 Å². The number of carbonyl (C=O) groups is 1. The molecule has 1 heterocycles. The van der Waals surface area contributed by atoms with E-state index in [9.17, 15) is 4.79 Å². The second-order valence-corrected chi connectivity index (χ2v) is 4.35. The fourth-order valence-electron chi connectivity index (χ4n) is 1.50. The molecule has 0 bridgehead atoms. The zero-order chi connectivity index (χ0) is 10.3. The molecule has 14 heavy (non-hydrogen) atoms. The number of aryl methyl sites for hydroxylation is 1. The molecule has 0 spiro atoms. The number of hydrogen-bond acceptors (Lipinski definition) is 1. The summed E-state index contributed by atoms with van der Waals surface area (Å²) in [5.74, 6) is 0. The molecule has 1 N–H and O–H groups in total. The van der Waals surface area contributed by atoms with E-state index in [2.05, 4.69) is 20.9 Å². The van der Waals surface area contributed by atoms with E-state index in [4.69, 9.17) is 11.6 Å². The topological polar surface area (TPSA) is 32.9 Å². The summed E-state index contributed by atoms with van der Waals surface area (Å²) in [4.78, 5) is 13.9. The van der Waals surface area contributed by atoms with Crippen LogP contribution in [-0.2, 0) is 0 Å². The molecule has 0 saturated heterocycles. The lowest BCUT2D eigenvalue weighted by Gasteiger charge is -1.96. The first-order valence-electron chi connectivity index (χ1n) is 4.06. The summed E-state index contributed by atoms with van der Waals surface area (Å²) in [7, 11) is 0. The molecule has 1 aromatic carbocycles. The highest BCUT2D eigenvalue weighted by Gasteiger charge is 2.09. The number of rotatable bonds is 1. The smallest absolute Gasteiger partial charge is 0.152 e. The Morgan fingerprint density at radius 2 is 2.21 bits per heavy atom. The lowest BCUT2D eigenvalue weighted by atomic mass is 10.1. The minimum absolute atomic E-state index is 0.635. The fraction of sp³-hybridized carbons (Fsp3) is 0.100. The molecule has 4 heteroatoms. The standard InChI is InChI=1S/C10H7BrClNO/c1-5-7(4-14)6-2-8(11)9(12)3-10(6)13-5/h2-4,13H,1H3. The van der Waals surface area contributed by atoms with Gasteiger partial charge in [0.05, 0.1) is 5.02 Å². The van der Waals surface area contributed by atoms with Crippen LogP contribution in [0.5, 0.6) is 0 Å². The van der Waals surface area contributed by atoms with Crippen molar-refractivity contribution in [2.24, 2.45) is 0 Å². The van der Waals surface area contributed by atoms with Gasteiger partial charge in [0.1, 0.15) is 0 Å². The van der Waals surface area contributed by atoms with Crippen molar-refractivity contribution < 1.29 is 4.79 Å². The van der Waals surface area contributed by atoms with Crippen LogP contribution in [0.3, 0.4) is 0 Å². The van der Waals surface area contributed by atoms with Crippen molar-refractivity contribution in [1.82, 2.24) is 4.98 Å². The first-order valence-corrected chi connectivity index (χ1v) is 5.23. The van der Waals surface area contributed by atoms with Crippen LogP contribution in [0, 0.1) is 6.92 Å². The number of benzene rings is 1. The van der Waals surface area contributed by atoms with Gasteiger partial charge in [-0.1, -0.05) is 11.6 Å². The predicted octanol–water partition coefficient (Wildman–Crippen LogP) is 3.70. The number of fused-ring (bicyclic) bond motifs is 1. The van der Waals surface area contributed by atoms with Crippen molar-refractivity contribution in [3.63, 3.8) is 0 Å². The maximum absolute atomic E-state index is 10.8. The van der Waals surface area contributed by atoms with E-state index < -0.39 is 0 Å². The van der Waals surface area contributed by atoms with Crippen molar-refractivity contribution in [2.75, 3.05) is 0 Å². The van der Waals surface area contributed by atoms with Crippen LogP contribution in [-0.4, -0.2) is 11.3 Å². The maximum atomic E-state index is 10.8. The molecule has 0 amide bonds. The first-order chi connectivity index (χ1) is 6.63. The average Bonchev–Trinajstić information content (AvgIpc) is 2.42. The highest BCUT2D eigenvalue weighted by Crippen LogP contribution is 2.30. The summed E-state index contributed by atoms with van der Waals surface area (Å²) in [5, 5.41) is 1.53. The number of aromatic amines is 1. The number of carbonyl (C=O) groups excluding carboxylic acids is 1. The van der Waals surface area contributed by atoms with Gasteiger partial charge in [0, 0.05) is 26.6 Å². The van der Waals surface area contributed by atoms with Crippen LogP contribution in [0.1, 0.15) is 16.1 Å². The number of hydrogen-bond donors (Lipinski definition) is 1. The Morgan fingerprint density at radius 3 is 2.86 bits per heavy atom. The van der Waals surface area contributed by atoms with Gasteiger partial charge in [0.15, 0.2) is 6.29 Å². The second-order valence-electron chi connectivity index (χ2n) is 3.09. The third-order valence-corrected chi connectivity index (χ3v) is 3.39. The number of aromatic nitrogens is 1. The first kappa shape index (κ1) is 9.74. The second kappa shape index (κ2) is 3.41. The third kappa shape index (κ3) is 1.37. The molecule has 1 aromatic heterocycles. The van der Waals surface area contributed by atoms with Crippen LogP contribution in [0.2, 0.25) is 5.02 Å². The van der Waals surface area contributed by atoms with Crippen molar-refractivity contribution in [3.8, 4) is 0 Å². The van der Waals surface area contributed by atoms with E-state index in [1.165, 1.54) is 0 Å². The van der Waals surface area contributed by atoms with E-state index in [0.29, 0.717) is 10.6 Å². The summed E-state index contributed by atoms with van der Waals surface area (Å²) in [6.45, 7) is 1.87. The highest BCUT2D eigenvalue weighted by atomic mass is 79.9. The highest BCUT2D eigenvalue weighted by molar-refractivity contribution is 9.10. The lowest BCUT2D eigenvalue weighted by molar-refractivity contribution is 0.112. The van der Waals surface area contributed by atoms with Gasteiger partial charge in [-0.15, -0.1) is 0 Å². The molecule has 0 saturated carbocycles. The zero-order valence-electron chi connectivity index (χ0n) is 7.40. The SMILES string of the molecule is Cc1[nH]c2cc(Cl)c(Br)cc2c1C=O. The average molecular weight is 273 g/mol. The number of aldehydes is 1. The minimum Gasteiger partial charge on any atom is -0.358 e.